The molecule has 2 aromatic carbocycles. The van der Waals surface area contributed by atoms with Gasteiger partial charge in [0, 0.05) is 29.6 Å². The number of rotatable bonds is 7. The Morgan fingerprint density at radius 2 is 1.96 bits per heavy atom. The summed E-state index contributed by atoms with van der Waals surface area (Å²) in [6.07, 6.45) is 1.52. The van der Waals surface area contributed by atoms with Gasteiger partial charge >= 0.3 is 5.76 Å². The van der Waals surface area contributed by atoms with Gasteiger partial charge in [-0.15, -0.1) is 0 Å². The van der Waals surface area contributed by atoms with Gasteiger partial charge in [0.05, 0.1) is 5.52 Å². The molecule has 1 amide bonds. The number of fused-ring (bicyclic) bond motifs is 1. The van der Waals surface area contributed by atoms with E-state index in [1.165, 1.54) is 0 Å². The van der Waals surface area contributed by atoms with Crippen LogP contribution in [0, 0.1) is 0 Å². The summed E-state index contributed by atoms with van der Waals surface area (Å²) in [6.45, 7) is 0.932. The van der Waals surface area contributed by atoms with Crippen LogP contribution in [-0.4, -0.2) is 17.0 Å². The number of nitrogens with one attached hydrogen (secondary N) is 1. The van der Waals surface area contributed by atoms with Crippen LogP contribution in [-0.2, 0) is 17.8 Å². The highest BCUT2D eigenvalue weighted by Gasteiger charge is 2.09. The minimum atomic E-state index is -0.399. The van der Waals surface area contributed by atoms with Crippen LogP contribution >= 0.6 is 23.2 Å². The second kappa shape index (κ2) is 8.43. The first-order valence-corrected chi connectivity index (χ1v) is 9.09. The van der Waals surface area contributed by atoms with Gasteiger partial charge in [0.15, 0.2) is 5.58 Å². The molecule has 0 unspecified atom stereocenters. The number of benzene rings is 2. The summed E-state index contributed by atoms with van der Waals surface area (Å²) in [4.78, 5) is 23.8. The van der Waals surface area contributed by atoms with E-state index in [0.29, 0.717) is 48.0 Å². The summed E-state index contributed by atoms with van der Waals surface area (Å²) < 4.78 is 6.73. The monoisotopic (exact) mass is 392 g/mol. The lowest BCUT2D eigenvalue weighted by Crippen LogP contribution is -2.26. The van der Waals surface area contributed by atoms with Gasteiger partial charge in [-0.3, -0.25) is 9.36 Å². The molecule has 0 aliphatic heterocycles. The number of hydrogen-bond acceptors (Lipinski definition) is 3. The van der Waals surface area contributed by atoms with Crippen molar-refractivity contribution in [1.29, 1.82) is 0 Å². The van der Waals surface area contributed by atoms with E-state index in [9.17, 15) is 9.59 Å². The Morgan fingerprint density at radius 3 is 2.77 bits per heavy atom. The molecule has 0 bridgehead atoms. The Kier molecular flexibility index (Phi) is 6.01. The maximum Gasteiger partial charge on any atom is 0.419 e. The molecule has 0 radical (unpaired) electrons. The van der Waals surface area contributed by atoms with E-state index in [0.717, 1.165) is 11.1 Å². The molecular formula is C19H18Cl2N2O3. The highest BCUT2D eigenvalue weighted by molar-refractivity contribution is 6.35. The van der Waals surface area contributed by atoms with Crippen LogP contribution in [0.4, 0.5) is 0 Å². The Labute approximate surface area is 160 Å². The van der Waals surface area contributed by atoms with Crippen LogP contribution in [0.5, 0.6) is 0 Å². The molecule has 1 aromatic heterocycles. The zero-order chi connectivity index (χ0) is 18.5. The lowest BCUT2D eigenvalue weighted by molar-refractivity contribution is -0.121. The van der Waals surface area contributed by atoms with Crippen molar-refractivity contribution in [3.63, 3.8) is 0 Å². The summed E-state index contributed by atoms with van der Waals surface area (Å²) in [5.74, 6) is -0.458. The maximum absolute atomic E-state index is 12.0. The highest BCUT2D eigenvalue weighted by Crippen LogP contribution is 2.21. The first-order valence-electron chi connectivity index (χ1n) is 8.33. The summed E-state index contributed by atoms with van der Waals surface area (Å²) in [7, 11) is 0. The number of amides is 1. The third kappa shape index (κ3) is 4.48. The number of aromatic nitrogens is 1. The number of aryl methyl sites for hydroxylation is 1. The SMILES string of the molecule is O=C(CCCn1c(=O)oc2ccccc21)NCCc1ccc(Cl)cc1Cl. The van der Waals surface area contributed by atoms with Gasteiger partial charge in [0.2, 0.25) is 5.91 Å². The molecule has 5 nitrogen and oxygen atoms in total. The summed E-state index contributed by atoms with van der Waals surface area (Å²) in [6, 6.07) is 12.6. The first-order chi connectivity index (χ1) is 12.5. The van der Waals surface area contributed by atoms with E-state index < -0.39 is 5.76 Å². The van der Waals surface area contributed by atoms with Crippen LogP contribution < -0.4 is 11.1 Å². The molecule has 0 aliphatic carbocycles. The molecule has 0 saturated heterocycles. The van der Waals surface area contributed by atoms with Crippen molar-refractivity contribution in [3.05, 3.63) is 68.6 Å². The number of carbonyl (C=O) groups is 1. The highest BCUT2D eigenvalue weighted by atomic mass is 35.5. The fourth-order valence-electron chi connectivity index (χ4n) is 2.77. The summed E-state index contributed by atoms with van der Waals surface area (Å²) in [5, 5.41) is 4.05. The number of nitrogens with zero attached hydrogens (tertiary/aromatic N) is 1. The van der Waals surface area contributed by atoms with Crippen molar-refractivity contribution in [2.24, 2.45) is 0 Å². The van der Waals surface area contributed by atoms with Crippen molar-refractivity contribution in [3.8, 4) is 0 Å². The third-order valence-corrected chi connectivity index (χ3v) is 4.68. The predicted octanol–water partition coefficient (Wildman–Crippen LogP) is 4.04. The third-order valence-electron chi connectivity index (χ3n) is 4.09. The van der Waals surface area contributed by atoms with Gasteiger partial charge in [-0.2, -0.15) is 0 Å². The Bertz CT molecular complexity index is 978. The molecule has 3 aromatic rings. The predicted molar refractivity (Wildman–Crippen MR) is 103 cm³/mol. The van der Waals surface area contributed by atoms with Crippen molar-refractivity contribution >= 4 is 40.2 Å². The van der Waals surface area contributed by atoms with Crippen molar-refractivity contribution in [2.45, 2.75) is 25.8 Å². The van der Waals surface area contributed by atoms with E-state index >= 15 is 0 Å². The fourth-order valence-corrected chi connectivity index (χ4v) is 3.28. The van der Waals surface area contributed by atoms with Gasteiger partial charge < -0.3 is 9.73 Å². The molecule has 0 saturated carbocycles. The molecular weight excluding hydrogens is 375 g/mol. The van der Waals surface area contributed by atoms with Crippen molar-refractivity contribution in [1.82, 2.24) is 9.88 Å². The van der Waals surface area contributed by atoms with Crippen LogP contribution in [0.3, 0.4) is 0 Å². The van der Waals surface area contributed by atoms with Crippen LogP contribution in [0.2, 0.25) is 10.0 Å². The zero-order valence-electron chi connectivity index (χ0n) is 14.0. The van der Waals surface area contributed by atoms with Gasteiger partial charge in [0.25, 0.3) is 0 Å². The molecule has 26 heavy (non-hydrogen) atoms. The molecule has 0 atom stereocenters. The lowest BCUT2D eigenvalue weighted by atomic mass is 10.1. The number of para-hydroxylation sites is 2. The van der Waals surface area contributed by atoms with E-state index in [1.807, 2.05) is 24.3 Å². The van der Waals surface area contributed by atoms with Gasteiger partial charge in [-0.1, -0.05) is 41.4 Å². The van der Waals surface area contributed by atoms with E-state index in [2.05, 4.69) is 5.32 Å². The van der Waals surface area contributed by atoms with Gasteiger partial charge in [-0.25, -0.2) is 4.79 Å². The normalized spacial score (nSPS) is 11.0. The summed E-state index contributed by atoms with van der Waals surface area (Å²) >= 11 is 12.0. The average Bonchev–Trinajstić information content (AvgIpc) is 2.92. The smallest absolute Gasteiger partial charge is 0.408 e. The largest absolute Gasteiger partial charge is 0.419 e. The quantitative estimate of drug-likeness (QED) is 0.659. The van der Waals surface area contributed by atoms with Crippen LogP contribution in [0.1, 0.15) is 18.4 Å². The topological polar surface area (TPSA) is 64.2 Å². The molecule has 0 spiro atoms. The molecule has 0 fully saturated rings. The second-order valence-electron chi connectivity index (χ2n) is 5.93. The average molecular weight is 393 g/mol. The standard InChI is InChI=1S/C19H18Cl2N2O3/c20-14-8-7-13(15(21)12-14)9-10-22-18(24)6-3-11-23-16-4-1-2-5-17(16)26-19(23)25/h1-2,4-5,7-8,12H,3,6,9-11H2,(H,22,24). The minimum absolute atomic E-state index is 0.0593. The van der Waals surface area contributed by atoms with E-state index in [1.54, 1.807) is 22.8 Å². The molecule has 0 aliphatic rings. The molecule has 1 N–H and O–H groups in total. The number of halogens is 2. The lowest BCUT2D eigenvalue weighted by Gasteiger charge is -2.07. The van der Waals surface area contributed by atoms with Gasteiger partial charge in [0.1, 0.15) is 0 Å². The van der Waals surface area contributed by atoms with Crippen LogP contribution in [0.15, 0.2) is 51.7 Å². The van der Waals surface area contributed by atoms with Crippen molar-refractivity contribution in [2.75, 3.05) is 6.54 Å². The number of carbonyl (C=O) groups excluding carboxylic acids is 1. The van der Waals surface area contributed by atoms with Crippen LogP contribution in [0.25, 0.3) is 11.1 Å². The van der Waals surface area contributed by atoms with Gasteiger partial charge in [-0.05, 0) is 42.7 Å². The molecule has 7 heteroatoms. The Hall–Kier alpha value is -2.24. The Morgan fingerprint density at radius 1 is 1.15 bits per heavy atom. The fraction of sp³-hybridized carbons (Fsp3) is 0.263. The second-order valence-corrected chi connectivity index (χ2v) is 6.77. The molecule has 136 valence electrons. The zero-order valence-corrected chi connectivity index (χ0v) is 15.5. The minimum Gasteiger partial charge on any atom is -0.408 e. The molecule has 3 rings (SSSR count). The number of oxazole rings is 1. The Balaban J connectivity index is 1.45. The molecule has 1 heterocycles. The van der Waals surface area contributed by atoms with E-state index in [4.69, 9.17) is 27.6 Å². The summed E-state index contributed by atoms with van der Waals surface area (Å²) in [5.41, 5.74) is 2.24. The first kappa shape index (κ1) is 18.5. The van der Waals surface area contributed by atoms with Crippen molar-refractivity contribution < 1.29 is 9.21 Å². The maximum atomic E-state index is 12.0. The number of hydrogen-bond donors (Lipinski definition) is 1. The van der Waals surface area contributed by atoms with E-state index in [-0.39, 0.29) is 5.91 Å².